The fourth-order valence-electron chi connectivity index (χ4n) is 3.03. The average molecular weight is 371 g/mol. The predicted octanol–water partition coefficient (Wildman–Crippen LogP) is 0.977. The second-order valence-electron chi connectivity index (χ2n) is 6.46. The van der Waals surface area contributed by atoms with Crippen molar-refractivity contribution in [1.29, 1.82) is 0 Å². The van der Waals surface area contributed by atoms with Gasteiger partial charge in [0, 0.05) is 46.3 Å². The third-order valence-electron chi connectivity index (χ3n) is 4.60. The van der Waals surface area contributed by atoms with Crippen molar-refractivity contribution in [2.75, 3.05) is 45.9 Å². The number of piperazine rings is 1. The molecule has 1 N–H and O–H groups in total. The van der Waals surface area contributed by atoms with Crippen molar-refractivity contribution in [1.82, 2.24) is 29.9 Å². The topological polar surface area (TPSA) is 70.8 Å². The highest BCUT2D eigenvalue weighted by Crippen LogP contribution is 2.09. The first-order chi connectivity index (χ1) is 13.3. The van der Waals surface area contributed by atoms with Crippen LogP contribution in [0.15, 0.2) is 41.7 Å². The van der Waals surface area contributed by atoms with E-state index >= 15 is 0 Å². The number of ether oxygens (including phenoxy) is 1. The largest absolute Gasteiger partial charge is 0.492 e. The Morgan fingerprint density at radius 3 is 2.63 bits per heavy atom. The zero-order valence-electron chi connectivity index (χ0n) is 16.2. The van der Waals surface area contributed by atoms with Gasteiger partial charge in [0.1, 0.15) is 31.1 Å². The van der Waals surface area contributed by atoms with Crippen molar-refractivity contribution >= 4 is 5.96 Å². The molecule has 1 aromatic heterocycles. The Kier molecular flexibility index (Phi) is 7.04. The van der Waals surface area contributed by atoms with E-state index in [1.807, 2.05) is 37.4 Å². The SMILES string of the molecule is CCNC(=NCc1ncnn1C)N1CCN(CCOc2ccccc2)CC1. The monoisotopic (exact) mass is 371 g/mol. The first-order valence-electron chi connectivity index (χ1n) is 9.52. The molecular weight excluding hydrogens is 342 g/mol. The van der Waals surface area contributed by atoms with E-state index in [0.717, 1.165) is 56.8 Å². The fourth-order valence-corrected chi connectivity index (χ4v) is 3.03. The van der Waals surface area contributed by atoms with Gasteiger partial charge in [0.25, 0.3) is 0 Å². The summed E-state index contributed by atoms with van der Waals surface area (Å²) >= 11 is 0. The number of aromatic nitrogens is 3. The lowest BCUT2D eigenvalue weighted by Gasteiger charge is -2.36. The highest BCUT2D eigenvalue weighted by molar-refractivity contribution is 5.80. The fraction of sp³-hybridized carbons (Fsp3) is 0.526. The lowest BCUT2D eigenvalue weighted by atomic mass is 10.3. The summed E-state index contributed by atoms with van der Waals surface area (Å²) in [4.78, 5) is 13.7. The third-order valence-corrected chi connectivity index (χ3v) is 4.60. The minimum absolute atomic E-state index is 0.532. The standard InChI is InChI=1S/C19H29N7O/c1-3-20-19(21-15-18-22-16-23-24(18)2)26-11-9-25(10-12-26)13-14-27-17-7-5-4-6-8-17/h4-8,16H,3,9-15H2,1-2H3,(H,20,21). The number of para-hydroxylation sites is 1. The van der Waals surface area contributed by atoms with E-state index in [1.54, 1.807) is 11.0 Å². The zero-order chi connectivity index (χ0) is 18.9. The second kappa shape index (κ2) is 9.91. The van der Waals surface area contributed by atoms with Crippen LogP contribution in [0.2, 0.25) is 0 Å². The van der Waals surface area contributed by atoms with Crippen molar-refractivity contribution in [3.05, 3.63) is 42.5 Å². The molecule has 2 heterocycles. The van der Waals surface area contributed by atoms with Gasteiger partial charge in [0.15, 0.2) is 5.96 Å². The van der Waals surface area contributed by atoms with Gasteiger partial charge in [-0.05, 0) is 19.1 Å². The van der Waals surface area contributed by atoms with Gasteiger partial charge in [-0.3, -0.25) is 9.58 Å². The summed E-state index contributed by atoms with van der Waals surface area (Å²) < 4.78 is 7.57. The summed E-state index contributed by atoms with van der Waals surface area (Å²) in [5.41, 5.74) is 0. The predicted molar refractivity (Wildman–Crippen MR) is 106 cm³/mol. The van der Waals surface area contributed by atoms with Gasteiger partial charge >= 0.3 is 0 Å². The molecule has 0 amide bonds. The second-order valence-corrected chi connectivity index (χ2v) is 6.46. The van der Waals surface area contributed by atoms with Gasteiger partial charge in [-0.1, -0.05) is 18.2 Å². The number of hydrogen-bond donors (Lipinski definition) is 1. The van der Waals surface area contributed by atoms with E-state index in [4.69, 9.17) is 9.73 Å². The third kappa shape index (κ3) is 5.68. The maximum absolute atomic E-state index is 5.81. The zero-order valence-corrected chi connectivity index (χ0v) is 16.2. The van der Waals surface area contributed by atoms with Gasteiger partial charge in [-0.2, -0.15) is 5.10 Å². The van der Waals surface area contributed by atoms with E-state index in [0.29, 0.717) is 13.2 Å². The molecule has 1 saturated heterocycles. The molecule has 0 aliphatic carbocycles. The molecule has 0 spiro atoms. The highest BCUT2D eigenvalue weighted by Gasteiger charge is 2.19. The minimum atomic E-state index is 0.532. The smallest absolute Gasteiger partial charge is 0.194 e. The molecule has 2 aromatic rings. The Morgan fingerprint density at radius 1 is 1.19 bits per heavy atom. The molecule has 1 fully saturated rings. The van der Waals surface area contributed by atoms with Crippen LogP contribution in [0.4, 0.5) is 0 Å². The molecular formula is C19H29N7O. The first kappa shape index (κ1) is 19.2. The van der Waals surface area contributed by atoms with Gasteiger partial charge in [0.2, 0.25) is 0 Å². The number of aliphatic imine (C=N–C) groups is 1. The number of rotatable bonds is 7. The number of guanidine groups is 1. The lowest BCUT2D eigenvalue weighted by molar-refractivity contribution is 0.152. The summed E-state index contributed by atoms with van der Waals surface area (Å²) in [6.07, 6.45) is 1.56. The average Bonchev–Trinajstić information content (AvgIpc) is 3.11. The van der Waals surface area contributed by atoms with Crippen LogP contribution in [0, 0.1) is 0 Å². The van der Waals surface area contributed by atoms with Gasteiger partial charge in [-0.25, -0.2) is 9.98 Å². The lowest BCUT2D eigenvalue weighted by Crippen LogP contribution is -2.53. The number of aryl methyl sites for hydroxylation is 1. The Hall–Kier alpha value is -2.61. The van der Waals surface area contributed by atoms with Gasteiger partial charge < -0.3 is 15.0 Å². The maximum atomic E-state index is 5.81. The molecule has 0 atom stereocenters. The molecule has 8 nitrogen and oxygen atoms in total. The van der Waals surface area contributed by atoms with E-state index in [9.17, 15) is 0 Å². The van der Waals surface area contributed by atoms with Crippen LogP contribution >= 0.6 is 0 Å². The van der Waals surface area contributed by atoms with E-state index < -0.39 is 0 Å². The molecule has 1 aliphatic rings. The van der Waals surface area contributed by atoms with Crippen LogP contribution in [0.1, 0.15) is 12.7 Å². The summed E-state index contributed by atoms with van der Waals surface area (Å²) in [6, 6.07) is 9.98. The normalized spacial score (nSPS) is 15.8. The molecule has 1 aliphatic heterocycles. The molecule has 3 rings (SSSR count). The molecule has 0 bridgehead atoms. The Bertz CT molecular complexity index is 708. The first-order valence-corrected chi connectivity index (χ1v) is 9.52. The molecule has 0 saturated carbocycles. The van der Waals surface area contributed by atoms with Crippen molar-refractivity contribution in [3.63, 3.8) is 0 Å². The number of nitrogens with zero attached hydrogens (tertiary/aromatic N) is 6. The number of hydrogen-bond acceptors (Lipinski definition) is 5. The van der Waals surface area contributed by atoms with Crippen molar-refractivity contribution in [2.24, 2.45) is 12.0 Å². The Balaban J connectivity index is 1.45. The molecule has 8 heteroatoms. The highest BCUT2D eigenvalue weighted by atomic mass is 16.5. The van der Waals surface area contributed by atoms with Crippen molar-refractivity contribution in [2.45, 2.75) is 13.5 Å². The van der Waals surface area contributed by atoms with Crippen molar-refractivity contribution < 1.29 is 4.74 Å². The molecule has 146 valence electrons. The summed E-state index contributed by atoms with van der Waals surface area (Å²) in [5, 5.41) is 7.49. The molecule has 0 radical (unpaired) electrons. The molecule has 1 aromatic carbocycles. The minimum Gasteiger partial charge on any atom is -0.492 e. The van der Waals surface area contributed by atoms with Crippen LogP contribution in [0.25, 0.3) is 0 Å². The van der Waals surface area contributed by atoms with Crippen molar-refractivity contribution in [3.8, 4) is 5.75 Å². The number of benzene rings is 1. The maximum Gasteiger partial charge on any atom is 0.194 e. The van der Waals surface area contributed by atoms with E-state index in [2.05, 4.69) is 32.1 Å². The van der Waals surface area contributed by atoms with Crippen LogP contribution in [0.3, 0.4) is 0 Å². The summed E-state index contributed by atoms with van der Waals surface area (Å²) in [5.74, 6) is 2.74. The van der Waals surface area contributed by atoms with Crippen LogP contribution in [-0.4, -0.2) is 76.4 Å². The Morgan fingerprint density at radius 2 is 1.96 bits per heavy atom. The number of nitrogens with one attached hydrogen (secondary N) is 1. The quantitative estimate of drug-likeness (QED) is 0.578. The van der Waals surface area contributed by atoms with E-state index in [-0.39, 0.29) is 0 Å². The summed E-state index contributed by atoms with van der Waals surface area (Å²) in [6.45, 7) is 9.05. The van der Waals surface area contributed by atoms with Crippen LogP contribution in [-0.2, 0) is 13.6 Å². The van der Waals surface area contributed by atoms with E-state index in [1.165, 1.54) is 0 Å². The summed E-state index contributed by atoms with van der Waals surface area (Å²) in [7, 11) is 1.89. The molecule has 0 unspecified atom stereocenters. The Labute approximate surface area is 160 Å². The van der Waals surface area contributed by atoms with Gasteiger partial charge in [0.05, 0.1) is 0 Å². The van der Waals surface area contributed by atoms with Crippen LogP contribution in [0.5, 0.6) is 5.75 Å². The van der Waals surface area contributed by atoms with Crippen LogP contribution < -0.4 is 10.1 Å². The van der Waals surface area contributed by atoms with Gasteiger partial charge in [-0.15, -0.1) is 0 Å². The molecule has 27 heavy (non-hydrogen) atoms.